The van der Waals surface area contributed by atoms with Crippen LogP contribution in [0.5, 0.6) is 0 Å². The van der Waals surface area contributed by atoms with E-state index in [1.807, 2.05) is 64.0 Å². The van der Waals surface area contributed by atoms with Crippen LogP contribution in [-0.4, -0.2) is 80.3 Å². The number of ether oxygens (including phenoxy) is 2. The number of amides is 1. The van der Waals surface area contributed by atoms with Crippen molar-refractivity contribution < 1.29 is 14.3 Å². The second kappa shape index (κ2) is 11.7. The summed E-state index contributed by atoms with van der Waals surface area (Å²) in [6.07, 6.45) is 6.17. The number of fused-ring (bicyclic) bond motifs is 4. The largest absolute Gasteiger partial charge is 0.444 e. The summed E-state index contributed by atoms with van der Waals surface area (Å²) in [7, 11) is 4.17. The van der Waals surface area contributed by atoms with Gasteiger partial charge in [0.25, 0.3) is 5.56 Å². The first-order valence-corrected chi connectivity index (χ1v) is 20.2. The van der Waals surface area contributed by atoms with Crippen molar-refractivity contribution in [3.8, 4) is 11.1 Å². The van der Waals surface area contributed by atoms with Gasteiger partial charge in [0.05, 0.1) is 28.0 Å². The third-order valence-corrected chi connectivity index (χ3v) is 11.4. The molecule has 0 spiro atoms. The molecule has 13 heteroatoms. The highest BCUT2D eigenvalue weighted by atomic mass is 35.5. The first-order chi connectivity index (χ1) is 21.5. The van der Waals surface area contributed by atoms with Crippen LogP contribution < -0.4 is 10.5 Å². The maximum Gasteiger partial charge on any atom is 0.410 e. The smallest absolute Gasteiger partial charge is 0.410 e. The van der Waals surface area contributed by atoms with Crippen molar-refractivity contribution in [1.82, 2.24) is 28.8 Å². The molecule has 2 bridgehead atoms. The topological polar surface area (TPSA) is 99.7 Å². The van der Waals surface area contributed by atoms with Gasteiger partial charge in [0, 0.05) is 70.8 Å². The minimum Gasteiger partial charge on any atom is -0.444 e. The molecule has 2 aliphatic heterocycles. The Bertz CT molecular complexity index is 1870. The highest BCUT2D eigenvalue weighted by Crippen LogP contribution is 2.43. The minimum atomic E-state index is -1.29. The second-order valence-corrected chi connectivity index (χ2v) is 21.1. The molecular formula is C33H46ClN7O4Si. The number of aromatic nitrogens is 5. The van der Waals surface area contributed by atoms with Gasteiger partial charge in [-0.25, -0.2) is 4.79 Å². The number of rotatable bonds is 8. The molecule has 0 aliphatic carbocycles. The van der Waals surface area contributed by atoms with Gasteiger partial charge in [-0.15, -0.1) is 0 Å². The summed E-state index contributed by atoms with van der Waals surface area (Å²) >= 11 is 6.99. The van der Waals surface area contributed by atoms with E-state index < -0.39 is 13.7 Å². The van der Waals surface area contributed by atoms with Crippen LogP contribution in [0.25, 0.3) is 33.1 Å². The van der Waals surface area contributed by atoms with Gasteiger partial charge >= 0.3 is 6.09 Å². The van der Waals surface area contributed by atoms with Crippen LogP contribution in [0.1, 0.15) is 40.0 Å². The summed E-state index contributed by atoms with van der Waals surface area (Å²) in [6, 6.07) is 5.03. The average Bonchev–Trinajstić information content (AvgIpc) is 3.72. The predicted octanol–water partition coefficient (Wildman–Crippen LogP) is 6.23. The van der Waals surface area contributed by atoms with Gasteiger partial charge in [-0.1, -0.05) is 37.3 Å². The van der Waals surface area contributed by atoms with Crippen LogP contribution in [-0.2, 0) is 30.3 Å². The van der Waals surface area contributed by atoms with E-state index in [4.69, 9.17) is 26.1 Å². The van der Waals surface area contributed by atoms with Crippen molar-refractivity contribution >= 4 is 53.7 Å². The third-order valence-electron chi connectivity index (χ3n) is 9.24. The fraction of sp³-hybridized carbons (Fsp3) is 0.576. The van der Waals surface area contributed by atoms with Crippen molar-refractivity contribution in [3.63, 3.8) is 0 Å². The lowest BCUT2D eigenvalue weighted by molar-refractivity contribution is 0.0202. The lowest BCUT2D eigenvalue weighted by Crippen LogP contribution is -2.47. The van der Waals surface area contributed by atoms with Crippen molar-refractivity contribution in [2.75, 3.05) is 18.6 Å². The van der Waals surface area contributed by atoms with Crippen LogP contribution in [0.2, 0.25) is 30.7 Å². The van der Waals surface area contributed by atoms with E-state index >= 15 is 0 Å². The number of carbonyl (C=O) groups excluding carboxylic acids is 1. The van der Waals surface area contributed by atoms with Gasteiger partial charge in [-0.2, -0.15) is 10.1 Å². The number of anilines is 1. The first kappa shape index (κ1) is 32.6. The molecule has 6 rings (SSSR count). The lowest BCUT2D eigenvalue weighted by Gasteiger charge is -2.33. The van der Waals surface area contributed by atoms with Gasteiger partial charge in [0.2, 0.25) is 5.95 Å². The Kier molecular flexibility index (Phi) is 8.30. The number of benzene rings is 1. The normalized spacial score (nSPS) is 20.0. The lowest BCUT2D eigenvalue weighted by atomic mass is 9.95. The predicted molar refractivity (Wildman–Crippen MR) is 185 cm³/mol. The fourth-order valence-corrected chi connectivity index (χ4v) is 7.99. The Balaban J connectivity index is 1.43. The summed E-state index contributed by atoms with van der Waals surface area (Å²) in [5.41, 5.74) is 2.09. The molecule has 1 amide bonds. The van der Waals surface area contributed by atoms with Gasteiger partial charge in [-0.3, -0.25) is 14.0 Å². The Morgan fingerprint density at radius 1 is 1.13 bits per heavy atom. The van der Waals surface area contributed by atoms with E-state index in [1.54, 1.807) is 21.2 Å². The monoisotopic (exact) mass is 667 g/mol. The number of nitrogens with zero attached hydrogens (tertiary/aromatic N) is 7. The van der Waals surface area contributed by atoms with Gasteiger partial charge in [-0.05, 0) is 52.1 Å². The number of hydrogen-bond donors (Lipinski definition) is 0. The molecule has 3 aromatic heterocycles. The molecule has 5 heterocycles. The van der Waals surface area contributed by atoms with Crippen LogP contribution in [0.15, 0.2) is 29.3 Å². The van der Waals surface area contributed by atoms with E-state index in [-0.39, 0.29) is 36.5 Å². The molecule has 0 N–H and O–H groups in total. The summed E-state index contributed by atoms with van der Waals surface area (Å²) < 4.78 is 17.2. The van der Waals surface area contributed by atoms with E-state index in [1.165, 1.54) is 0 Å². The average molecular weight is 668 g/mol. The third kappa shape index (κ3) is 5.95. The molecule has 2 saturated heterocycles. The zero-order valence-electron chi connectivity index (χ0n) is 28.4. The summed E-state index contributed by atoms with van der Waals surface area (Å²) in [5, 5.41) is 6.36. The molecule has 1 aromatic carbocycles. The van der Waals surface area contributed by atoms with E-state index in [2.05, 4.69) is 29.6 Å². The number of hydrogen-bond acceptors (Lipinski definition) is 7. The Hall–Kier alpha value is -3.35. The molecule has 0 unspecified atom stereocenters. The van der Waals surface area contributed by atoms with Crippen LogP contribution in [0.4, 0.5) is 10.7 Å². The fourth-order valence-electron chi connectivity index (χ4n) is 6.92. The highest BCUT2D eigenvalue weighted by Gasteiger charge is 2.50. The molecule has 4 aromatic rings. The van der Waals surface area contributed by atoms with Gasteiger partial charge < -0.3 is 23.8 Å². The molecule has 0 saturated carbocycles. The molecule has 2 fully saturated rings. The van der Waals surface area contributed by atoms with E-state index in [9.17, 15) is 9.59 Å². The van der Waals surface area contributed by atoms with Crippen molar-refractivity contribution in [2.45, 2.75) is 96.2 Å². The van der Waals surface area contributed by atoms with E-state index in [0.717, 1.165) is 41.8 Å². The highest BCUT2D eigenvalue weighted by molar-refractivity contribution is 6.76. The van der Waals surface area contributed by atoms with Gasteiger partial charge in [0.15, 0.2) is 5.65 Å². The SMILES string of the molecule is CN(C(=O)OC(C)(C)C)[C@@H]1C[C@@H]2CC[C@H]1N2c1nc2c(c(-c3ccc4nn(C)cc4c3Cl)cn2COCC[Si](C)(C)C)c(=O)n1C. The summed E-state index contributed by atoms with van der Waals surface area (Å²) in [6.45, 7) is 13.5. The Morgan fingerprint density at radius 2 is 1.87 bits per heavy atom. The second-order valence-electron chi connectivity index (χ2n) is 15.1. The number of aryl methyl sites for hydroxylation is 1. The van der Waals surface area contributed by atoms with E-state index in [0.29, 0.717) is 34.2 Å². The number of likely N-dealkylation sites (N-methyl/N-ethyl adjacent to an activating group) is 1. The molecule has 2 aliphatic rings. The first-order valence-electron chi connectivity index (χ1n) is 16.1. The zero-order chi connectivity index (χ0) is 33.3. The van der Waals surface area contributed by atoms with Crippen molar-refractivity contribution in [1.29, 1.82) is 0 Å². The maximum atomic E-state index is 14.4. The molecule has 248 valence electrons. The Labute approximate surface area is 276 Å². The molecule has 3 atom stereocenters. The molecule has 0 radical (unpaired) electrons. The van der Waals surface area contributed by atoms with Crippen molar-refractivity contribution in [3.05, 3.63) is 39.9 Å². The minimum absolute atomic E-state index is 0.0244. The van der Waals surface area contributed by atoms with Crippen molar-refractivity contribution in [2.24, 2.45) is 14.1 Å². The standard InChI is InChI=1S/C33H46ClN7O4Si/c1-33(2,3)45-32(43)38(5)26-16-20-10-13-25(26)41(20)31-35-29-27(30(42)39(31)6)22(18-40(29)19-44-14-15-46(7,8)9)21-11-12-24-23(28(21)34)17-37(4)36-24/h11-12,17-18,20,25-26H,10,13-16,19H2,1-9H3/t20-,25+,26+/m0/s1. The molecule has 46 heavy (non-hydrogen) atoms. The summed E-state index contributed by atoms with van der Waals surface area (Å²) in [4.78, 5) is 36.6. The Morgan fingerprint density at radius 3 is 2.57 bits per heavy atom. The molecule has 11 nitrogen and oxygen atoms in total. The zero-order valence-corrected chi connectivity index (χ0v) is 30.2. The summed E-state index contributed by atoms with van der Waals surface area (Å²) in [5.74, 6) is 0.604. The van der Waals surface area contributed by atoms with Gasteiger partial charge in [0.1, 0.15) is 12.3 Å². The van der Waals surface area contributed by atoms with Crippen LogP contribution in [0.3, 0.4) is 0 Å². The van der Waals surface area contributed by atoms with Crippen LogP contribution >= 0.6 is 11.6 Å². The quantitative estimate of drug-likeness (QED) is 0.162. The van der Waals surface area contributed by atoms with Crippen LogP contribution in [0, 0.1) is 0 Å². The maximum absolute atomic E-state index is 14.4. The molecular weight excluding hydrogens is 622 g/mol. The number of carbonyl (C=O) groups is 1. The number of halogens is 1.